The molecule has 1 aromatic heterocycles. The van der Waals surface area contributed by atoms with Gasteiger partial charge in [0, 0.05) is 25.3 Å². The Hall–Kier alpha value is -1.82. The first-order valence-corrected chi connectivity index (χ1v) is 8.91. The van der Waals surface area contributed by atoms with E-state index in [1.54, 1.807) is 6.20 Å². The number of hydrogen-bond acceptors (Lipinski definition) is 4. The quantitative estimate of drug-likeness (QED) is 0.836. The van der Waals surface area contributed by atoms with Crippen LogP contribution in [-0.4, -0.2) is 41.3 Å². The molecule has 4 nitrogen and oxygen atoms in total. The number of pyridine rings is 1. The number of halogens is 1. The highest BCUT2D eigenvalue weighted by Crippen LogP contribution is 2.33. The van der Waals surface area contributed by atoms with Crippen molar-refractivity contribution in [3.05, 3.63) is 65.7 Å². The molecule has 132 valence electrons. The van der Waals surface area contributed by atoms with E-state index in [4.69, 9.17) is 9.47 Å². The molecule has 0 spiro atoms. The van der Waals surface area contributed by atoms with Gasteiger partial charge in [0.25, 0.3) is 0 Å². The van der Waals surface area contributed by atoms with Crippen LogP contribution in [0.4, 0.5) is 4.39 Å². The predicted octanol–water partition coefficient (Wildman–Crippen LogP) is 3.17. The van der Waals surface area contributed by atoms with Gasteiger partial charge >= 0.3 is 0 Å². The second-order valence-electron chi connectivity index (χ2n) is 6.75. The first kappa shape index (κ1) is 16.6. The Labute approximate surface area is 147 Å². The Balaban J connectivity index is 1.37. The van der Waals surface area contributed by atoms with Gasteiger partial charge in [0.15, 0.2) is 0 Å². The van der Waals surface area contributed by atoms with Crippen LogP contribution in [0.1, 0.15) is 24.1 Å². The van der Waals surface area contributed by atoms with Crippen molar-refractivity contribution < 1.29 is 13.9 Å². The minimum atomic E-state index is -0.188. The average molecular weight is 342 g/mol. The summed E-state index contributed by atoms with van der Waals surface area (Å²) in [7, 11) is 0. The third-order valence-corrected chi connectivity index (χ3v) is 5.12. The van der Waals surface area contributed by atoms with Crippen LogP contribution >= 0.6 is 0 Å². The summed E-state index contributed by atoms with van der Waals surface area (Å²) in [5.41, 5.74) is 2.09. The summed E-state index contributed by atoms with van der Waals surface area (Å²) in [6, 6.07) is 13.0. The van der Waals surface area contributed by atoms with Gasteiger partial charge in [-0.3, -0.25) is 9.88 Å². The van der Waals surface area contributed by atoms with Gasteiger partial charge in [-0.15, -0.1) is 0 Å². The van der Waals surface area contributed by atoms with Gasteiger partial charge in [-0.1, -0.05) is 18.2 Å². The highest BCUT2D eigenvalue weighted by Gasteiger charge is 2.43. The van der Waals surface area contributed by atoms with Crippen molar-refractivity contribution in [1.29, 1.82) is 0 Å². The molecular weight excluding hydrogens is 319 g/mol. The van der Waals surface area contributed by atoms with Crippen molar-refractivity contribution in [3.63, 3.8) is 0 Å². The molecule has 1 aromatic carbocycles. The minimum absolute atomic E-state index is 0.109. The Morgan fingerprint density at radius 2 is 2.04 bits per heavy atom. The van der Waals surface area contributed by atoms with Gasteiger partial charge in [-0.2, -0.15) is 0 Å². The number of fused-ring (bicyclic) bond motifs is 1. The Kier molecular flexibility index (Phi) is 5.06. The van der Waals surface area contributed by atoms with Crippen LogP contribution in [-0.2, 0) is 22.6 Å². The van der Waals surface area contributed by atoms with E-state index in [-0.39, 0.29) is 18.0 Å². The molecule has 25 heavy (non-hydrogen) atoms. The normalized spacial score (nSPS) is 26.5. The summed E-state index contributed by atoms with van der Waals surface area (Å²) in [6.07, 6.45) is 4.08. The lowest BCUT2D eigenvalue weighted by Gasteiger charge is -2.39. The van der Waals surface area contributed by atoms with E-state index in [2.05, 4.69) is 9.88 Å². The average Bonchev–Trinajstić information content (AvgIpc) is 3.07. The number of aromatic nitrogens is 1. The third-order valence-electron chi connectivity index (χ3n) is 5.12. The molecule has 2 aliphatic rings. The van der Waals surface area contributed by atoms with Crippen molar-refractivity contribution in [3.8, 4) is 0 Å². The standard InChI is InChI=1S/C20H23FN2O2/c21-16-6-4-15(5-7-16)13-23-11-12-24-20-18(23)8-9-19(20)25-14-17-3-1-2-10-22-17/h1-7,10,18-20H,8-9,11-14H2/t18-,19-,20+/m1/s1. The van der Waals surface area contributed by atoms with Crippen LogP contribution in [0.2, 0.25) is 0 Å². The summed E-state index contributed by atoms with van der Waals surface area (Å²) in [4.78, 5) is 6.76. The molecule has 0 bridgehead atoms. The van der Waals surface area contributed by atoms with Crippen molar-refractivity contribution >= 4 is 0 Å². The second kappa shape index (κ2) is 7.60. The monoisotopic (exact) mass is 342 g/mol. The van der Waals surface area contributed by atoms with Gasteiger partial charge < -0.3 is 9.47 Å². The van der Waals surface area contributed by atoms with Gasteiger partial charge in [0.2, 0.25) is 0 Å². The van der Waals surface area contributed by atoms with Crippen molar-refractivity contribution in [2.24, 2.45) is 0 Å². The Morgan fingerprint density at radius 3 is 2.84 bits per heavy atom. The first-order valence-electron chi connectivity index (χ1n) is 8.91. The van der Waals surface area contributed by atoms with Crippen LogP contribution in [0.5, 0.6) is 0 Å². The zero-order chi connectivity index (χ0) is 17.1. The lowest BCUT2D eigenvalue weighted by atomic mass is 10.1. The van der Waals surface area contributed by atoms with Crippen LogP contribution in [0.3, 0.4) is 0 Å². The maximum Gasteiger partial charge on any atom is 0.123 e. The fraction of sp³-hybridized carbons (Fsp3) is 0.450. The van der Waals surface area contributed by atoms with E-state index in [0.717, 1.165) is 37.2 Å². The summed E-state index contributed by atoms with van der Waals surface area (Å²) < 4.78 is 25.3. The van der Waals surface area contributed by atoms with E-state index in [1.165, 1.54) is 12.1 Å². The molecule has 4 rings (SSSR count). The number of nitrogens with zero attached hydrogens (tertiary/aromatic N) is 2. The van der Waals surface area contributed by atoms with Crippen molar-refractivity contribution in [2.45, 2.75) is 44.2 Å². The van der Waals surface area contributed by atoms with Crippen LogP contribution in [0.25, 0.3) is 0 Å². The molecule has 1 saturated carbocycles. The SMILES string of the molecule is Fc1ccc(CN2CCO[C@H]3[C@H]2CC[C@H]3OCc2ccccn2)cc1. The number of rotatable bonds is 5. The van der Waals surface area contributed by atoms with Gasteiger partial charge in [0.1, 0.15) is 5.82 Å². The molecule has 2 fully saturated rings. The van der Waals surface area contributed by atoms with Gasteiger partial charge in [-0.25, -0.2) is 4.39 Å². The summed E-state index contributed by atoms with van der Waals surface area (Å²) >= 11 is 0. The molecule has 2 heterocycles. The molecule has 1 aliphatic heterocycles. The van der Waals surface area contributed by atoms with Crippen molar-refractivity contribution in [1.82, 2.24) is 9.88 Å². The highest BCUT2D eigenvalue weighted by atomic mass is 19.1. The molecule has 0 amide bonds. The summed E-state index contributed by atoms with van der Waals surface area (Å²) in [5.74, 6) is -0.188. The van der Waals surface area contributed by atoms with Crippen molar-refractivity contribution in [2.75, 3.05) is 13.2 Å². The van der Waals surface area contributed by atoms with E-state index >= 15 is 0 Å². The minimum Gasteiger partial charge on any atom is -0.373 e. The maximum atomic E-state index is 13.1. The number of morpholine rings is 1. The molecule has 0 radical (unpaired) electrons. The molecule has 5 heteroatoms. The molecule has 0 N–H and O–H groups in total. The maximum absolute atomic E-state index is 13.1. The van der Waals surface area contributed by atoms with E-state index in [0.29, 0.717) is 19.3 Å². The molecule has 2 aromatic rings. The molecule has 0 unspecified atom stereocenters. The fourth-order valence-electron chi connectivity index (χ4n) is 3.87. The summed E-state index contributed by atoms with van der Waals surface area (Å²) in [6.45, 7) is 2.98. The lowest BCUT2D eigenvalue weighted by molar-refractivity contribution is -0.119. The number of ether oxygens (including phenoxy) is 2. The largest absolute Gasteiger partial charge is 0.373 e. The van der Waals surface area contributed by atoms with Crippen LogP contribution in [0.15, 0.2) is 48.7 Å². The Bertz CT molecular complexity index is 680. The zero-order valence-corrected chi connectivity index (χ0v) is 14.2. The molecule has 3 atom stereocenters. The third kappa shape index (κ3) is 3.89. The number of hydrogen-bond donors (Lipinski definition) is 0. The Morgan fingerprint density at radius 1 is 1.16 bits per heavy atom. The molecule has 1 saturated heterocycles. The van der Waals surface area contributed by atoms with E-state index < -0.39 is 0 Å². The predicted molar refractivity (Wildman–Crippen MR) is 92.4 cm³/mol. The topological polar surface area (TPSA) is 34.6 Å². The zero-order valence-electron chi connectivity index (χ0n) is 14.2. The molecular formula is C20H23FN2O2. The van der Waals surface area contributed by atoms with Gasteiger partial charge in [-0.05, 0) is 42.7 Å². The first-order chi connectivity index (χ1) is 12.3. The van der Waals surface area contributed by atoms with Crippen LogP contribution in [0, 0.1) is 5.82 Å². The second-order valence-corrected chi connectivity index (χ2v) is 6.75. The van der Waals surface area contributed by atoms with Crippen LogP contribution < -0.4 is 0 Å². The van der Waals surface area contributed by atoms with E-state index in [1.807, 2.05) is 30.3 Å². The fourth-order valence-corrected chi connectivity index (χ4v) is 3.87. The lowest BCUT2D eigenvalue weighted by Crippen LogP contribution is -2.51. The number of benzene rings is 1. The van der Waals surface area contributed by atoms with E-state index in [9.17, 15) is 4.39 Å². The molecule has 1 aliphatic carbocycles. The smallest absolute Gasteiger partial charge is 0.123 e. The highest BCUT2D eigenvalue weighted by molar-refractivity contribution is 5.16. The van der Waals surface area contributed by atoms with Gasteiger partial charge in [0.05, 0.1) is 31.1 Å². The summed E-state index contributed by atoms with van der Waals surface area (Å²) in [5, 5.41) is 0.